The van der Waals surface area contributed by atoms with E-state index in [1.165, 1.54) is 0 Å². The first kappa shape index (κ1) is 11.2. The maximum Gasteiger partial charge on any atom is 0.336 e. The van der Waals surface area contributed by atoms with Crippen LogP contribution in [0.25, 0.3) is 0 Å². The van der Waals surface area contributed by atoms with Gasteiger partial charge in [0.05, 0.1) is 0 Å². The summed E-state index contributed by atoms with van der Waals surface area (Å²) in [6.45, 7) is 4.31. The van der Waals surface area contributed by atoms with Crippen LogP contribution in [0.4, 0.5) is 0 Å². The Labute approximate surface area is 80.6 Å². The molecule has 0 aromatic rings. The molecule has 0 saturated heterocycles. The van der Waals surface area contributed by atoms with E-state index >= 15 is 0 Å². The zero-order valence-corrected chi connectivity index (χ0v) is 8.96. The van der Waals surface area contributed by atoms with E-state index in [4.69, 9.17) is 9.47 Å². The SMILES string of the molecule is CCOC(CC)C(=O)OCI. The molecular formula is C7H13IO3. The van der Waals surface area contributed by atoms with Crippen LogP contribution in [0, 0.1) is 0 Å². The van der Waals surface area contributed by atoms with E-state index in [0.29, 0.717) is 17.6 Å². The molecule has 0 bridgehead atoms. The van der Waals surface area contributed by atoms with Crippen LogP contribution in [0.3, 0.4) is 0 Å². The fraction of sp³-hybridized carbons (Fsp3) is 0.857. The molecule has 0 fully saturated rings. The highest BCUT2D eigenvalue weighted by Crippen LogP contribution is 2.01. The molecule has 0 spiro atoms. The maximum absolute atomic E-state index is 11.0. The fourth-order valence-corrected chi connectivity index (χ4v) is 1.01. The van der Waals surface area contributed by atoms with Gasteiger partial charge in [-0.3, -0.25) is 0 Å². The number of hydrogen-bond donors (Lipinski definition) is 0. The number of alkyl halides is 1. The zero-order valence-electron chi connectivity index (χ0n) is 6.80. The Morgan fingerprint density at radius 3 is 2.55 bits per heavy atom. The summed E-state index contributed by atoms with van der Waals surface area (Å²) in [6.07, 6.45) is 0.290. The summed E-state index contributed by atoms with van der Waals surface area (Å²) in [5.41, 5.74) is 0. The van der Waals surface area contributed by atoms with Crippen LogP contribution in [-0.2, 0) is 14.3 Å². The summed E-state index contributed by atoms with van der Waals surface area (Å²) < 4.78 is 10.3. The van der Waals surface area contributed by atoms with E-state index in [1.807, 2.05) is 36.4 Å². The third-order valence-corrected chi connectivity index (χ3v) is 1.51. The normalized spacial score (nSPS) is 12.6. The molecular weight excluding hydrogens is 259 g/mol. The van der Waals surface area contributed by atoms with Gasteiger partial charge in [-0.05, 0) is 35.9 Å². The summed E-state index contributed by atoms with van der Waals surface area (Å²) >= 11 is 1.98. The first-order chi connectivity index (χ1) is 5.26. The van der Waals surface area contributed by atoms with Crippen molar-refractivity contribution in [3.05, 3.63) is 0 Å². The first-order valence-electron chi connectivity index (χ1n) is 3.60. The van der Waals surface area contributed by atoms with Crippen LogP contribution in [-0.4, -0.2) is 23.3 Å². The van der Waals surface area contributed by atoms with Gasteiger partial charge >= 0.3 is 5.97 Å². The van der Waals surface area contributed by atoms with Gasteiger partial charge in [-0.25, -0.2) is 4.79 Å². The van der Waals surface area contributed by atoms with Crippen molar-refractivity contribution in [3.8, 4) is 0 Å². The molecule has 1 atom stereocenters. The summed E-state index contributed by atoms with van der Waals surface area (Å²) in [5, 5.41) is 0. The minimum atomic E-state index is -0.380. The Morgan fingerprint density at radius 1 is 1.55 bits per heavy atom. The van der Waals surface area contributed by atoms with E-state index in [2.05, 4.69) is 0 Å². The molecule has 4 heteroatoms. The number of esters is 1. The van der Waals surface area contributed by atoms with Crippen LogP contribution in [0.1, 0.15) is 20.3 Å². The summed E-state index contributed by atoms with van der Waals surface area (Å²) in [5.74, 6) is -0.260. The minimum absolute atomic E-state index is 0.260. The number of hydrogen-bond acceptors (Lipinski definition) is 3. The van der Waals surface area contributed by atoms with E-state index in [1.54, 1.807) is 0 Å². The molecule has 0 rings (SSSR count). The average molecular weight is 272 g/mol. The quantitative estimate of drug-likeness (QED) is 0.434. The standard InChI is InChI=1S/C7H13IO3/c1-3-6(10-4-2)7(9)11-5-8/h6H,3-5H2,1-2H3. The van der Waals surface area contributed by atoms with E-state index in [0.717, 1.165) is 0 Å². The number of ether oxygens (including phenoxy) is 2. The average Bonchev–Trinajstić information content (AvgIpc) is 2.00. The molecule has 3 nitrogen and oxygen atoms in total. The number of halogens is 1. The lowest BCUT2D eigenvalue weighted by Gasteiger charge is -2.12. The molecule has 0 aromatic heterocycles. The monoisotopic (exact) mass is 272 g/mol. The van der Waals surface area contributed by atoms with Crippen LogP contribution in [0.5, 0.6) is 0 Å². The van der Waals surface area contributed by atoms with Gasteiger partial charge in [0.2, 0.25) is 0 Å². The van der Waals surface area contributed by atoms with E-state index < -0.39 is 0 Å². The lowest BCUT2D eigenvalue weighted by molar-refractivity contribution is -0.154. The van der Waals surface area contributed by atoms with Crippen molar-refractivity contribution >= 4 is 28.6 Å². The fourth-order valence-electron chi connectivity index (χ4n) is 0.700. The third kappa shape index (κ3) is 4.58. The number of rotatable bonds is 5. The summed E-state index contributed by atoms with van der Waals surface area (Å²) in [4.78, 5) is 11.0. The molecule has 0 saturated carbocycles. The largest absolute Gasteiger partial charge is 0.453 e. The van der Waals surface area contributed by atoms with Gasteiger partial charge in [-0.15, -0.1) is 0 Å². The number of carbonyl (C=O) groups excluding carboxylic acids is 1. The molecule has 11 heavy (non-hydrogen) atoms. The van der Waals surface area contributed by atoms with Crippen molar-refractivity contribution in [3.63, 3.8) is 0 Å². The summed E-state index contributed by atoms with van der Waals surface area (Å²) in [6, 6.07) is 0. The van der Waals surface area contributed by atoms with Crippen LogP contribution < -0.4 is 0 Å². The molecule has 0 N–H and O–H groups in total. The highest BCUT2D eigenvalue weighted by molar-refractivity contribution is 14.1. The van der Waals surface area contributed by atoms with Gasteiger partial charge in [0.15, 0.2) is 6.10 Å². The van der Waals surface area contributed by atoms with Gasteiger partial charge in [-0.2, -0.15) is 0 Å². The summed E-state index contributed by atoms with van der Waals surface area (Å²) in [7, 11) is 0. The molecule has 66 valence electrons. The Hall–Kier alpha value is 0.160. The van der Waals surface area contributed by atoms with Crippen LogP contribution in [0.2, 0.25) is 0 Å². The Balaban J connectivity index is 3.71. The Bertz CT molecular complexity index is 116. The smallest absolute Gasteiger partial charge is 0.336 e. The second-order valence-corrected chi connectivity index (χ2v) is 2.55. The predicted molar refractivity (Wildman–Crippen MR) is 50.7 cm³/mol. The highest BCUT2D eigenvalue weighted by atomic mass is 127. The van der Waals surface area contributed by atoms with Gasteiger partial charge in [-0.1, -0.05) is 6.92 Å². The van der Waals surface area contributed by atoms with E-state index in [9.17, 15) is 4.79 Å². The van der Waals surface area contributed by atoms with Crippen molar-refractivity contribution in [2.45, 2.75) is 26.4 Å². The first-order valence-corrected chi connectivity index (χ1v) is 5.13. The predicted octanol–water partition coefficient (Wildman–Crippen LogP) is 1.74. The molecule has 0 aromatic carbocycles. The van der Waals surface area contributed by atoms with Crippen molar-refractivity contribution in [1.29, 1.82) is 0 Å². The molecule has 0 heterocycles. The second kappa shape index (κ2) is 6.84. The number of carbonyl (C=O) groups is 1. The zero-order chi connectivity index (χ0) is 8.69. The van der Waals surface area contributed by atoms with Crippen LogP contribution >= 0.6 is 22.6 Å². The van der Waals surface area contributed by atoms with Gasteiger partial charge in [0, 0.05) is 6.61 Å². The lowest BCUT2D eigenvalue weighted by atomic mass is 10.3. The topological polar surface area (TPSA) is 35.5 Å². The molecule has 0 aliphatic rings. The van der Waals surface area contributed by atoms with Crippen LogP contribution in [0.15, 0.2) is 0 Å². The Morgan fingerprint density at radius 2 is 2.18 bits per heavy atom. The molecule has 1 unspecified atom stereocenters. The highest BCUT2D eigenvalue weighted by Gasteiger charge is 2.16. The van der Waals surface area contributed by atoms with Gasteiger partial charge in [0.25, 0.3) is 0 Å². The minimum Gasteiger partial charge on any atom is -0.453 e. The van der Waals surface area contributed by atoms with Gasteiger partial charge in [0.1, 0.15) is 4.61 Å². The van der Waals surface area contributed by atoms with Crippen molar-refractivity contribution < 1.29 is 14.3 Å². The maximum atomic E-state index is 11.0. The van der Waals surface area contributed by atoms with Gasteiger partial charge < -0.3 is 9.47 Å². The van der Waals surface area contributed by atoms with Crippen molar-refractivity contribution in [2.75, 3.05) is 11.2 Å². The molecule has 0 aliphatic heterocycles. The lowest BCUT2D eigenvalue weighted by Crippen LogP contribution is -2.25. The molecule has 0 amide bonds. The molecule has 0 aliphatic carbocycles. The van der Waals surface area contributed by atoms with E-state index in [-0.39, 0.29) is 12.1 Å². The third-order valence-electron chi connectivity index (χ3n) is 1.20. The van der Waals surface area contributed by atoms with Crippen molar-refractivity contribution in [1.82, 2.24) is 0 Å². The second-order valence-electron chi connectivity index (χ2n) is 1.92. The molecule has 0 radical (unpaired) electrons. The van der Waals surface area contributed by atoms with Crippen molar-refractivity contribution in [2.24, 2.45) is 0 Å². The Kier molecular flexibility index (Phi) is 6.94.